The van der Waals surface area contributed by atoms with Crippen molar-refractivity contribution in [3.05, 3.63) is 76.3 Å². The number of benzene rings is 2. The van der Waals surface area contributed by atoms with Gasteiger partial charge in [-0.25, -0.2) is 14.4 Å². The number of rotatable bonds is 4. The Balaban J connectivity index is 1.77. The van der Waals surface area contributed by atoms with E-state index in [-0.39, 0.29) is 16.7 Å². The molecule has 0 fully saturated rings. The molecule has 0 unspecified atom stereocenters. The van der Waals surface area contributed by atoms with Gasteiger partial charge in [0.1, 0.15) is 11.5 Å². The van der Waals surface area contributed by atoms with E-state index in [1.54, 1.807) is 18.2 Å². The van der Waals surface area contributed by atoms with Gasteiger partial charge in [-0.1, -0.05) is 35.3 Å². The number of para-hydroxylation sites is 1. The summed E-state index contributed by atoms with van der Waals surface area (Å²) in [7, 11) is 0. The van der Waals surface area contributed by atoms with Gasteiger partial charge in [-0.05, 0) is 36.4 Å². The van der Waals surface area contributed by atoms with Crippen molar-refractivity contribution < 1.29 is 9.18 Å². The number of halogens is 3. The summed E-state index contributed by atoms with van der Waals surface area (Å²) in [5, 5.41) is 5.96. The number of nitrogens with zero attached hydrogens (tertiary/aromatic N) is 2. The van der Waals surface area contributed by atoms with Crippen molar-refractivity contribution in [2.45, 2.75) is 0 Å². The van der Waals surface area contributed by atoms with Crippen LogP contribution in [0, 0.1) is 5.82 Å². The highest BCUT2D eigenvalue weighted by Gasteiger charge is 2.11. The third-order valence-corrected chi connectivity index (χ3v) is 3.81. The molecular weight excluding hydrogens is 366 g/mol. The Hall–Kier alpha value is -2.70. The van der Waals surface area contributed by atoms with E-state index in [2.05, 4.69) is 20.6 Å². The molecule has 126 valence electrons. The quantitative estimate of drug-likeness (QED) is 0.678. The largest absolute Gasteiger partial charge is 0.323 e. The van der Waals surface area contributed by atoms with Crippen LogP contribution in [0.2, 0.25) is 10.0 Å². The van der Waals surface area contributed by atoms with E-state index < -0.39 is 11.7 Å². The van der Waals surface area contributed by atoms with Gasteiger partial charge in [0.2, 0.25) is 5.95 Å². The lowest BCUT2D eigenvalue weighted by Gasteiger charge is -2.08. The highest BCUT2D eigenvalue weighted by atomic mass is 35.5. The molecule has 0 saturated carbocycles. The first-order valence-corrected chi connectivity index (χ1v) is 7.89. The van der Waals surface area contributed by atoms with Gasteiger partial charge >= 0.3 is 0 Å². The number of anilines is 3. The molecule has 0 spiro atoms. The van der Waals surface area contributed by atoms with Gasteiger partial charge in [-0.2, -0.15) is 0 Å². The smallest absolute Gasteiger partial charge is 0.274 e. The Labute approximate surface area is 152 Å². The van der Waals surface area contributed by atoms with Crippen LogP contribution in [0.1, 0.15) is 10.5 Å². The van der Waals surface area contributed by atoms with Gasteiger partial charge in [-0.3, -0.25) is 4.79 Å². The minimum atomic E-state index is -0.562. The predicted octanol–water partition coefficient (Wildman–Crippen LogP) is 4.92. The maximum absolute atomic E-state index is 13.2. The van der Waals surface area contributed by atoms with Crippen molar-refractivity contribution in [1.82, 2.24) is 9.97 Å². The van der Waals surface area contributed by atoms with Gasteiger partial charge in [0.15, 0.2) is 0 Å². The minimum absolute atomic E-state index is 0.0819. The molecule has 0 aliphatic rings. The lowest BCUT2D eigenvalue weighted by Crippen LogP contribution is -2.14. The summed E-state index contributed by atoms with van der Waals surface area (Å²) >= 11 is 11.8. The molecule has 8 heteroatoms. The van der Waals surface area contributed by atoms with Gasteiger partial charge in [0.25, 0.3) is 5.91 Å². The molecule has 0 radical (unpaired) electrons. The minimum Gasteiger partial charge on any atom is -0.323 e. The van der Waals surface area contributed by atoms with E-state index in [1.165, 1.54) is 30.5 Å². The molecule has 25 heavy (non-hydrogen) atoms. The maximum atomic E-state index is 13.2. The fourth-order valence-electron chi connectivity index (χ4n) is 2.00. The highest BCUT2D eigenvalue weighted by Crippen LogP contribution is 2.23. The topological polar surface area (TPSA) is 66.9 Å². The van der Waals surface area contributed by atoms with E-state index in [4.69, 9.17) is 23.2 Å². The summed E-state index contributed by atoms with van der Waals surface area (Å²) in [6.07, 6.45) is 1.44. The van der Waals surface area contributed by atoms with Crippen LogP contribution in [-0.4, -0.2) is 15.9 Å². The molecule has 2 N–H and O–H groups in total. The number of hydrogen-bond donors (Lipinski definition) is 2. The second-order valence-electron chi connectivity index (χ2n) is 4.95. The molecule has 1 amide bonds. The average Bonchev–Trinajstić information content (AvgIpc) is 2.60. The summed E-state index contributed by atoms with van der Waals surface area (Å²) in [4.78, 5) is 20.5. The first kappa shape index (κ1) is 17.1. The van der Waals surface area contributed by atoms with Crippen LogP contribution in [-0.2, 0) is 0 Å². The molecule has 0 aliphatic carbocycles. The number of aromatic nitrogens is 2. The average molecular weight is 377 g/mol. The predicted molar refractivity (Wildman–Crippen MR) is 96.1 cm³/mol. The summed E-state index contributed by atoms with van der Waals surface area (Å²) in [6.45, 7) is 0. The molecule has 3 aromatic rings. The number of carbonyl (C=O) groups is 1. The zero-order valence-corrected chi connectivity index (χ0v) is 14.1. The van der Waals surface area contributed by atoms with Crippen molar-refractivity contribution in [1.29, 1.82) is 0 Å². The van der Waals surface area contributed by atoms with E-state index in [1.807, 2.05) is 6.07 Å². The molecule has 0 atom stereocenters. The zero-order valence-electron chi connectivity index (χ0n) is 12.6. The Morgan fingerprint density at radius 3 is 2.60 bits per heavy atom. The molecule has 0 bridgehead atoms. The van der Waals surface area contributed by atoms with Crippen LogP contribution in [0.4, 0.5) is 21.7 Å². The Bertz CT molecular complexity index is 936. The summed E-state index contributed by atoms with van der Waals surface area (Å²) in [6, 6.07) is 12.4. The normalized spacial score (nSPS) is 10.4. The van der Waals surface area contributed by atoms with Gasteiger partial charge in [-0.15, -0.1) is 0 Å². The monoisotopic (exact) mass is 376 g/mol. The van der Waals surface area contributed by atoms with Gasteiger partial charge in [0, 0.05) is 11.9 Å². The van der Waals surface area contributed by atoms with Crippen LogP contribution in [0.3, 0.4) is 0 Å². The fourth-order valence-corrected chi connectivity index (χ4v) is 2.36. The van der Waals surface area contributed by atoms with Gasteiger partial charge < -0.3 is 10.6 Å². The van der Waals surface area contributed by atoms with E-state index in [0.717, 1.165) is 0 Å². The fraction of sp³-hybridized carbons (Fsp3) is 0. The third kappa shape index (κ3) is 4.23. The van der Waals surface area contributed by atoms with E-state index in [0.29, 0.717) is 16.4 Å². The number of amides is 1. The number of carbonyl (C=O) groups excluding carboxylic acids is 1. The van der Waals surface area contributed by atoms with Crippen molar-refractivity contribution >= 4 is 46.4 Å². The van der Waals surface area contributed by atoms with Crippen LogP contribution < -0.4 is 10.6 Å². The Kier molecular flexibility index (Phi) is 5.11. The second kappa shape index (κ2) is 7.46. The highest BCUT2D eigenvalue weighted by molar-refractivity contribution is 6.33. The first-order valence-electron chi connectivity index (χ1n) is 7.14. The number of nitrogens with one attached hydrogen (secondary N) is 2. The standard InChI is InChI=1S/C17H11Cl2FN4O/c18-11-3-1-2-4-14(11)23-17-21-8-7-15(24-17)16(25)22-10-5-6-13(20)12(19)9-10/h1-9H,(H,22,25)(H,21,23,24). The second-order valence-corrected chi connectivity index (χ2v) is 5.77. The molecule has 0 aliphatic heterocycles. The van der Waals surface area contributed by atoms with Crippen LogP contribution in [0.5, 0.6) is 0 Å². The Morgan fingerprint density at radius 1 is 1.04 bits per heavy atom. The van der Waals surface area contributed by atoms with E-state index >= 15 is 0 Å². The molecule has 2 aromatic carbocycles. The number of hydrogen-bond acceptors (Lipinski definition) is 4. The first-order chi connectivity index (χ1) is 12.0. The summed E-state index contributed by atoms with van der Waals surface area (Å²) < 4.78 is 13.2. The van der Waals surface area contributed by atoms with Crippen LogP contribution in [0.15, 0.2) is 54.7 Å². The lowest BCUT2D eigenvalue weighted by molar-refractivity contribution is 0.102. The maximum Gasteiger partial charge on any atom is 0.274 e. The Morgan fingerprint density at radius 2 is 1.84 bits per heavy atom. The molecule has 3 rings (SSSR count). The van der Waals surface area contributed by atoms with Crippen molar-refractivity contribution in [3.63, 3.8) is 0 Å². The van der Waals surface area contributed by atoms with Crippen LogP contribution in [0.25, 0.3) is 0 Å². The van der Waals surface area contributed by atoms with Crippen molar-refractivity contribution in [3.8, 4) is 0 Å². The van der Waals surface area contributed by atoms with Gasteiger partial charge in [0.05, 0.1) is 15.7 Å². The zero-order chi connectivity index (χ0) is 17.8. The molecular formula is C17H11Cl2FN4O. The third-order valence-electron chi connectivity index (χ3n) is 3.19. The summed E-state index contributed by atoms with van der Waals surface area (Å²) in [5.41, 5.74) is 1.10. The summed E-state index contributed by atoms with van der Waals surface area (Å²) in [5.74, 6) is -0.821. The molecule has 0 saturated heterocycles. The van der Waals surface area contributed by atoms with Crippen molar-refractivity contribution in [2.75, 3.05) is 10.6 Å². The lowest BCUT2D eigenvalue weighted by atomic mass is 10.3. The SMILES string of the molecule is O=C(Nc1ccc(F)c(Cl)c1)c1ccnc(Nc2ccccc2Cl)n1. The van der Waals surface area contributed by atoms with Crippen molar-refractivity contribution in [2.24, 2.45) is 0 Å². The molecule has 5 nitrogen and oxygen atoms in total. The molecule has 1 heterocycles. The van der Waals surface area contributed by atoms with Crippen LogP contribution >= 0.6 is 23.2 Å². The molecule has 1 aromatic heterocycles. The van der Waals surface area contributed by atoms with E-state index in [9.17, 15) is 9.18 Å².